The quantitative estimate of drug-likeness (QED) is 0.138. The number of allylic oxidation sites excluding steroid dienone is 2. The van der Waals surface area contributed by atoms with Gasteiger partial charge in [0.15, 0.2) is 0 Å². The minimum atomic E-state index is -0.200. The van der Waals surface area contributed by atoms with Gasteiger partial charge in [0.05, 0.1) is 6.04 Å². The van der Waals surface area contributed by atoms with Gasteiger partial charge in [0.25, 0.3) is 0 Å². The van der Waals surface area contributed by atoms with E-state index >= 15 is 0 Å². The third-order valence-corrected chi connectivity index (χ3v) is 14.6. The molecule has 0 bridgehead atoms. The molecule has 0 amide bonds. The fourth-order valence-corrected chi connectivity index (χ4v) is 10.4. The first-order chi connectivity index (χ1) is 29.3. The standard InChI is InChI=1S/C60H68BN/c1-40-35-41(2)56-55(36-40)62(50-26-20-25-48(37-50)59(10,11)45-21-16-14-17-22-45)54-39-49(60(12,13)46-23-18-15-19-24-46)32-34-52(54)61(56)53-38-47(58(7,8)9)31-33-51(53)42(3)43-27-29-44(30-28-43)57(4,5)6/h14-36,38-39,42,50H,37H2,1-13H3. The van der Waals surface area contributed by atoms with Crippen LogP contribution in [0.4, 0.5) is 11.4 Å². The Labute approximate surface area is 375 Å². The second-order valence-corrected chi connectivity index (χ2v) is 21.6. The van der Waals surface area contributed by atoms with Gasteiger partial charge in [0.2, 0.25) is 6.71 Å². The highest BCUT2D eigenvalue weighted by molar-refractivity contribution is 6.98. The van der Waals surface area contributed by atoms with E-state index in [1.54, 1.807) is 0 Å². The number of nitrogens with zero attached hydrogens (tertiary/aromatic N) is 1. The SMILES string of the molecule is Cc1cc(C)c2c(c1)N(C1C=CC=C(C(C)(C)c3ccccc3)C1)c1cc(C(C)(C)c3ccccc3)ccc1B2c1cc(C(C)(C)C)ccc1C(C)c1ccc(C(C)(C)C)cc1. The Morgan fingerprint density at radius 3 is 1.74 bits per heavy atom. The van der Waals surface area contributed by atoms with Crippen molar-refractivity contribution in [2.45, 2.75) is 130 Å². The molecule has 6 aromatic rings. The van der Waals surface area contributed by atoms with Gasteiger partial charge in [-0.1, -0.05) is 232 Å². The van der Waals surface area contributed by atoms with Crippen LogP contribution in [0.15, 0.2) is 157 Å². The van der Waals surface area contributed by atoms with Crippen molar-refractivity contribution < 1.29 is 0 Å². The molecule has 0 saturated carbocycles. The van der Waals surface area contributed by atoms with Crippen LogP contribution in [-0.4, -0.2) is 12.8 Å². The summed E-state index contributed by atoms with van der Waals surface area (Å²) in [6.45, 7) is 30.6. The van der Waals surface area contributed by atoms with Crippen LogP contribution in [-0.2, 0) is 21.7 Å². The normalized spacial score (nSPS) is 16.1. The fourth-order valence-electron chi connectivity index (χ4n) is 10.4. The van der Waals surface area contributed by atoms with Crippen molar-refractivity contribution in [1.29, 1.82) is 0 Å². The molecule has 1 heterocycles. The lowest BCUT2D eigenvalue weighted by Gasteiger charge is -2.45. The van der Waals surface area contributed by atoms with Crippen LogP contribution in [0.2, 0.25) is 0 Å². The molecular formula is C60H68BN. The highest BCUT2D eigenvalue weighted by Crippen LogP contribution is 2.43. The zero-order chi connectivity index (χ0) is 44.4. The maximum atomic E-state index is 2.73. The highest BCUT2D eigenvalue weighted by atomic mass is 15.2. The van der Waals surface area contributed by atoms with Crippen molar-refractivity contribution in [3.63, 3.8) is 0 Å². The molecule has 0 spiro atoms. The summed E-state index contributed by atoms with van der Waals surface area (Å²) in [5, 5.41) is 0. The van der Waals surface area contributed by atoms with Gasteiger partial charge in [-0.15, -0.1) is 0 Å². The predicted octanol–water partition coefficient (Wildman–Crippen LogP) is 13.6. The Hall–Kier alpha value is -5.34. The molecule has 2 atom stereocenters. The average Bonchev–Trinajstić information content (AvgIpc) is 3.25. The molecule has 1 nitrogen and oxygen atoms in total. The van der Waals surface area contributed by atoms with Gasteiger partial charge in [0.1, 0.15) is 0 Å². The zero-order valence-corrected chi connectivity index (χ0v) is 39.8. The fraction of sp³-hybridized carbons (Fsp3) is 0.333. The number of hydrogen-bond donors (Lipinski definition) is 0. The van der Waals surface area contributed by atoms with Gasteiger partial charge < -0.3 is 4.90 Å². The van der Waals surface area contributed by atoms with Crippen molar-refractivity contribution in [3.05, 3.63) is 207 Å². The van der Waals surface area contributed by atoms with Crippen LogP contribution in [0, 0.1) is 13.8 Å². The summed E-state index contributed by atoms with van der Waals surface area (Å²) in [6.07, 6.45) is 8.11. The van der Waals surface area contributed by atoms with Crippen LogP contribution in [0.1, 0.15) is 139 Å². The van der Waals surface area contributed by atoms with E-state index in [9.17, 15) is 0 Å². The van der Waals surface area contributed by atoms with E-state index in [2.05, 4.69) is 247 Å². The smallest absolute Gasteiger partial charge is 0.247 e. The molecule has 0 fully saturated rings. The van der Waals surface area contributed by atoms with Gasteiger partial charge in [-0.05, 0) is 98.7 Å². The van der Waals surface area contributed by atoms with Crippen LogP contribution in [0.5, 0.6) is 0 Å². The molecule has 0 saturated heterocycles. The molecule has 62 heavy (non-hydrogen) atoms. The van der Waals surface area contributed by atoms with Crippen molar-refractivity contribution in [2.75, 3.05) is 4.90 Å². The highest BCUT2D eigenvalue weighted by Gasteiger charge is 2.42. The number of fused-ring (bicyclic) bond motifs is 2. The number of benzene rings is 6. The Kier molecular flexibility index (Phi) is 11.2. The monoisotopic (exact) mass is 814 g/mol. The average molecular weight is 814 g/mol. The summed E-state index contributed by atoms with van der Waals surface area (Å²) in [6, 6.07) is 51.6. The van der Waals surface area contributed by atoms with E-state index < -0.39 is 0 Å². The van der Waals surface area contributed by atoms with E-state index in [0.717, 1.165) is 6.42 Å². The molecule has 1 aliphatic carbocycles. The third kappa shape index (κ3) is 7.96. The largest absolute Gasteiger partial charge is 0.335 e. The second kappa shape index (κ2) is 16.1. The first kappa shape index (κ1) is 43.3. The summed E-state index contributed by atoms with van der Waals surface area (Å²) in [7, 11) is 0. The lowest BCUT2D eigenvalue weighted by Crippen LogP contribution is -2.61. The molecule has 0 N–H and O–H groups in total. The first-order valence-electron chi connectivity index (χ1n) is 23.1. The van der Waals surface area contributed by atoms with E-state index in [-0.39, 0.29) is 40.3 Å². The molecular weight excluding hydrogens is 745 g/mol. The van der Waals surface area contributed by atoms with Crippen molar-refractivity contribution in [1.82, 2.24) is 0 Å². The lowest BCUT2D eigenvalue weighted by molar-refractivity contribution is 0.569. The minimum absolute atomic E-state index is 0.00962. The molecule has 2 unspecified atom stereocenters. The number of hydrogen-bond acceptors (Lipinski definition) is 1. The Morgan fingerprint density at radius 2 is 1.13 bits per heavy atom. The molecule has 2 heteroatoms. The van der Waals surface area contributed by atoms with E-state index in [0.29, 0.717) is 0 Å². The van der Waals surface area contributed by atoms with Crippen molar-refractivity contribution in [3.8, 4) is 0 Å². The summed E-state index contributed by atoms with van der Waals surface area (Å²) in [5.41, 5.74) is 20.3. The van der Waals surface area contributed by atoms with Crippen LogP contribution in [0.3, 0.4) is 0 Å². The molecule has 0 radical (unpaired) electrons. The van der Waals surface area contributed by atoms with Gasteiger partial charge in [-0.2, -0.15) is 0 Å². The van der Waals surface area contributed by atoms with Crippen molar-refractivity contribution in [2.24, 2.45) is 0 Å². The van der Waals surface area contributed by atoms with E-state index in [1.165, 1.54) is 83.4 Å². The lowest BCUT2D eigenvalue weighted by atomic mass is 9.33. The van der Waals surface area contributed by atoms with E-state index in [1.807, 2.05) is 0 Å². The maximum Gasteiger partial charge on any atom is 0.247 e. The molecule has 0 aromatic heterocycles. The Balaban J connectivity index is 1.37. The molecule has 316 valence electrons. The van der Waals surface area contributed by atoms with Crippen LogP contribution < -0.4 is 21.3 Å². The van der Waals surface area contributed by atoms with Crippen molar-refractivity contribution >= 4 is 34.5 Å². The topological polar surface area (TPSA) is 3.24 Å². The minimum Gasteiger partial charge on any atom is -0.335 e. The summed E-state index contributed by atoms with van der Waals surface area (Å²) >= 11 is 0. The van der Waals surface area contributed by atoms with Crippen LogP contribution >= 0.6 is 0 Å². The number of rotatable bonds is 8. The molecule has 2 aliphatic rings. The predicted molar refractivity (Wildman–Crippen MR) is 271 cm³/mol. The zero-order valence-electron chi connectivity index (χ0n) is 39.8. The van der Waals surface area contributed by atoms with Gasteiger partial charge >= 0.3 is 0 Å². The summed E-state index contributed by atoms with van der Waals surface area (Å²) in [4.78, 5) is 2.73. The molecule has 8 rings (SSSR count). The van der Waals surface area contributed by atoms with Gasteiger partial charge in [-0.25, -0.2) is 0 Å². The Morgan fingerprint density at radius 1 is 0.548 bits per heavy atom. The van der Waals surface area contributed by atoms with Gasteiger partial charge in [-0.3, -0.25) is 0 Å². The first-order valence-corrected chi connectivity index (χ1v) is 23.1. The number of anilines is 2. The maximum absolute atomic E-state index is 2.73. The second-order valence-electron chi connectivity index (χ2n) is 21.6. The van der Waals surface area contributed by atoms with Gasteiger partial charge in [0, 0.05) is 28.1 Å². The van der Waals surface area contributed by atoms with E-state index in [4.69, 9.17) is 0 Å². The molecule has 6 aromatic carbocycles. The third-order valence-electron chi connectivity index (χ3n) is 14.6. The summed E-state index contributed by atoms with van der Waals surface area (Å²) in [5.74, 6) is 0.203. The Bertz CT molecular complexity index is 2650. The summed E-state index contributed by atoms with van der Waals surface area (Å²) < 4.78 is 0. The number of aryl methyl sites for hydroxylation is 2. The molecule has 1 aliphatic heterocycles. The van der Waals surface area contributed by atoms with Crippen LogP contribution in [0.25, 0.3) is 0 Å².